The van der Waals surface area contributed by atoms with Crippen molar-refractivity contribution in [1.82, 2.24) is 14.4 Å². The number of carbonyl (C=O) groups is 2. The van der Waals surface area contributed by atoms with Gasteiger partial charge in [0.2, 0.25) is 11.8 Å². The molecule has 0 aliphatic heterocycles. The smallest absolute Gasteiger partial charge is 0.242 e. The van der Waals surface area contributed by atoms with Crippen LogP contribution in [0.25, 0.3) is 0 Å². The first-order valence-electron chi connectivity index (χ1n) is 10.6. The van der Waals surface area contributed by atoms with Crippen LogP contribution in [-0.2, 0) is 23.2 Å². The predicted octanol–water partition coefficient (Wildman–Crippen LogP) is 3.97. The molecule has 1 saturated carbocycles. The highest BCUT2D eigenvalue weighted by atomic mass is 16.2. The number of aryl methyl sites for hydroxylation is 1. The molecule has 27 heavy (non-hydrogen) atoms. The first kappa shape index (κ1) is 21.5. The van der Waals surface area contributed by atoms with Crippen LogP contribution in [0.2, 0.25) is 0 Å². The summed E-state index contributed by atoms with van der Waals surface area (Å²) in [6.45, 7) is 7.71. The molecule has 1 fully saturated rings. The highest BCUT2D eigenvalue weighted by molar-refractivity contribution is 5.86. The second-order valence-corrected chi connectivity index (χ2v) is 8.17. The standard InChI is InChI=1S/C22H37N3O2/c1-5-6-15-24(16-20-13-10-14-23(20)4)21(26)17-25(18(2)3)22(27)19-11-8-7-9-12-19/h10,13-14,18-19H,5-9,11-12,15-17H2,1-4H3. The molecule has 1 aliphatic rings. The van der Waals surface area contributed by atoms with E-state index >= 15 is 0 Å². The van der Waals surface area contributed by atoms with E-state index in [4.69, 9.17) is 0 Å². The largest absolute Gasteiger partial charge is 0.353 e. The zero-order valence-corrected chi connectivity index (χ0v) is 17.6. The molecule has 0 saturated heterocycles. The van der Waals surface area contributed by atoms with Gasteiger partial charge in [0.05, 0.1) is 13.1 Å². The van der Waals surface area contributed by atoms with Crippen molar-refractivity contribution in [2.45, 2.75) is 78.3 Å². The highest BCUT2D eigenvalue weighted by Gasteiger charge is 2.30. The lowest BCUT2D eigenvalue weighted by molar-refractivity contribution is -0.145. The molecular weight excluding hydrogens is 338 g/mol. The number of hydrogen-bond acceptors (Lipinski definition) is 2. The highest BCUT2D eigenvalue weighted by Crippen LogP contribution is 2.26. The summed E-state index contributed by atoms with van der Waals surface area (Å²) in [6, 6.07) is 4.11. The van der Waals surface area contributed by atoms with Gasteiger partial charge in [-0.05, 0) is 45.2 Å². The van der Waals surface area contributed by atoms with Crippen molar-refractivity contribution in [2.24, 2.45) is 13.0 Å². The van der Waals surface area contributed by atoms with Gasteiger partial charge in [0.25, 0.3) is 0 Å². The third-order valence-electron chi connectivity index (χ3n) is 5.70. The Hall–Kier alpha value is -1.78. The van der Waals surface area contributed by atoms with Crippen LogP contribution in [0.15, 0.2) is 18.3 Å². The van der Waals surface area contributed by atoms with Crippen molar-refractivity contribution >= 4 is 11.8 Å². The zero-order valence-electron chi connectivity index (χ0n) is 17.6. The lowest BCUT2D eigenvalue weighted by atomic mass is 9.88. The van der Waals surface area contributed by atoms with Crippen LogP contribution in [0.1, 0.15) is 71.4 Å². The van der Waals surface area contributed by atoms with Crippen LogP contribution in [0.3, 0.4) is 0 Å². The molecule has 0 aromatic carbocycles. The van der Waals surface area contributed by atoms with Gasteiger partial charge >= 0.3 is 0 Å². The molecule has 1 aliphatic carbocycles. The predicted molar refractivity (Wildman–Crippen MR) is 109 cm³/mol. The van der Waals surface area contributed by atoms with Crippen LogP contribution in [-0.4, -0.2) is 45.3 Å². The summed E-state index contributed by atoms with van der Waals surface area (Å²) in [5, 5.41) is 0. The number of nitrogens with zero attached hydrogens (tertiary/aromatic N) is 3. The minimum absolute atomic E-state index is 0.0476. The van der Waals surface area contributed by atoms with Gasteiger partial charge in [0.15, 0.2) is 0 Å². The van der Waals surface area contributed by atoms with E-state index in [1.54, 1.807) is 0 Å². The average Bonchev–Trinajstić information content (AvgIpc) is 3.07. The van der Waals surface area contributed by atoms with Crippen molar-refractivity contribution in [3.05, 3.63) is 24.0 Å². The van der Waals surface area contributed by atoms with Gasteiger partial charge in [-0.1, -0.05) is 32.6 Å². The van der Waals surface area contributed by atoms with E-state index in [0.29, 0.717) is 6.54 Å². The van der Waals surface area contributed by atoms with Gasteiger partial charge in [-0.3, -0.25) is 9.59 Å². The molecule has 152 valence electrons. The van der Waals surface area contributed by atoms with Gasteiger partial charge in [0, 0.05) is 37.4 Å². The molecule has 1 aromatic rings. The Balaban J connectivity index is 2.06. The van der Waals surface area contributed by atoms with Crippen molar-refractivity contribution in [3.63, 3.8) is 0 Å². The molecule has 5 nitrogen and oxygen atoms in total. The fraction of sp³-hybridized carbons (Fsp3) is 0.727. The number of hydrogen-bond donors (Lipinski definition) is 0. The SMILES string of the molecule is CCCCN(Cc1cccn1C)C(=O)CN(C(=O)C1CCCCC1)C(C)C. The third-order valence-corrected chi connectivity index (χ3v) is 5.70. The Kier molecular flexibility index (Phi) is 8.39. The van der Waals surface area contributed by atoms with Crippen molar-refractivity contribution < 1.29 is 9.59 Å². The van der Waals surface area contributed by atoms with E-state index in [1.165, 1.54) is 6.42 Å². The van der Waals surface area contributed by atoms with E-state index < -0.39 is 0 Å². The van der Waals surface area contributed by atoms with E-state index in [1.807, 2.05) is 43.0 Å². The number of rotatable bonds is 9. The first-order valence-corrected chi connectivity index (χ1v) is 10.6. The molecule has 0 atom stereocenters. The van der Waals surface area contributed by atoms with Crippen LogP contribution in [0.5, 0.6) is 0 Å². The van der Waals surface area contributed by atoms with Gasteiger partial charge in [-0.2, -0.15) is 0 Å². The van der Waals surface area contributed by atoms with Crippen LogP contribution in [0.4, 0.5) is 0 Å². The molecule has 0 bridgehead atoms. The molecule has 1 heterocycles. The summed E-state index contributed by atoms with van der Waals surface area (Å²) in [4.78, 5) is 29.9. The van der Waals surface area contributed by atoms with Crippen molar-refractivity contribution in [2.75, 3.05) is 13.1 Å². The van der Waals surface area contributed by atoms with Gasteiger partial charge in [-0.25, -0.2) is 0 Å². The lowest BCUT2D eigenvalue weighted by Gasteiger charge is -2.33. The van der Waals surface area contributed by atoms with E-state index in [2.05, 4.69) is 17.6 Å². The number of unbranched alkanes of at least 4 members (excludes halogenated alkanes) is 1. The minimum atomic E-state index is 0.0476. The van der Waals surface area contributed by atoms with Crippen LogP contribution in [0, 0.1) is 5.92 Å². The monoisotopic (exact) mass is 375 g/mol. The second-order valence-electron chi connectivity index (χ2n) is 8.17. The summed E-state index contributed by atoms with van der Waals surface area (Å²) in [5.41, 5.74) is 1.12. The Morgan fingerprint density at radius 1 is 1.22 bits per heavy atom. The van der Waals surface area contributed by atoms with E-state index in [0.717, 1.165) is 50.8 Å². The molecule has 0 spiro atoms. The minimum Gasteiger partial charge on any atom is -0.353 e. The summed E-state index contributed by atoms with van der Waals surface area (Å²) in [5.74, 6) is 0.334. The number of aromatic nitrogens is 1. The normalized spacial score (nSPS) is 15.1. The zero-order chi connectivity index (χ0) is 19.8. The maximum absolute atomic E-state index is 13.1. The molecular formula is C22H37N3O2. The van der Waals surface area contributed by atoms with Crippen LogP contribution >= 0.6 is 0 Å². The topological polar surface area (TPSA) is 45.6 Å². The van der Waals surface area contributed by atoms with Crippen LogP contribution < -0.4 is 0 Å². The van der Waals surface area contributed by atoms with Gasteiger partial charge < -0.3 is 14.4 Å². The third kappa shape index (κ3) is 6.12. The second kappa shape index (κ2) is 10.5. The summed E-state index contributed by atoms with van der Waals surface area (Å²) in [6.07, 6.45) is 9.47. The van der Waals surface area contributed by atoms with Gasteiger partial charge in [-0.15, -0.1) is 0 Å². The van der Waals surface area contributed by atoms with E-state index in [-0.39, 0.29) is 30.3 Å². The molecule has 1 aromatic heterocycles. The summed E-state index contributed by atoms with van der Waals surface area (Å²) < 4.78 is 2.06. The maximum atomic E-state index is 13.1. The van der Waals surface area contributed by atoms with E-state index in [9.17, 15) is 9.59 Å². The Bertz CT molecular complexity index is 602. The molecule has 2 rings (SSSR count). The first-order chi connectivity index (χ1) is 12.9. The maximum Gasteiger partial charge on any atom is 0.242 e. The molecule has 5 heteroatoms. The summed E-state index contributed by atoms with van der Waals surface area (Å²) in [7, 11) is 2.00. The van der Waals surface area contributed by atoms with Crippen molar-refractivity contribution in [3.8, 4) is 0 Å². The lowest BCUT2D eigenvalue weighted by Crippen LogP contribution is -2.48. The fourth-order valence-corrected chi connectivity index (χ4v) is 3.84. The fourth-order valence-electron chi connectivity index (χ4n) is 3.84. The summed E-state index contributed by atoms with van der Waals surface area (Å²) >= 11 is 0. The number of carbonyl (C=O) groups excluding carboxylic acids is 2. The molecule has 2 amide bonds. The number of amides is 2. The Morgan fingerprint density at radius 2 is 1.93 bits per heavy atom. The molecule has 0 radical (unpaired) electrons. The Morgan fingerprint density at radius 3 is 2.48 bits per heavy atom. The van der Waals surface area contributed by atoms with Gasteiger partial charge in [0.1, 0.15) is 0 Å². The Labute approximate surface area is 164 Å². The quantitative estimate of drug-likeness (QED) is 0.655. The molecule has 0 N–H and O–H groups in total. The average molecular weight is 376 g/mol. The molecule has 0 unspecified atom stereocenters. The van der Waals surface area contributed by atoms with Crippen molar-refractivity contribution in [1.29, 1.82) is 0 Å².